The minimum atomic E-state index is 0.0627. The van der Waals surface area contributed by atoms with Gasteiger partial charge in [0, 0.05) is 62.3 Å². The number of benzene rings is 1. The first-order valence-electron chi connectivity index (χ1n) is 10.9. The molecule has 162 valence electrons. The second kappa shape index (κ2) is 8.44. The van der Waals surface area contributed by atoms with Gasteiger partial charge in [-0.2, -0.15) is 4.98 Å². The van der Waals surface area contributed by atoms with E-state index in [4.69, 9.17) is 6.42 Å². The van der Waals surface area contributed by atoms with Gasteiger partial charge in [0.25, 0.3) is 0 Å². The van der Waals surface area contributed by atoms with Crippen LogP contribution in [0, 0.1) is 12.3 Å². The van der Waals surface area contributed by atoms with Crippen LogP contribution in [0.5, 0.6) is 0 Å². The van der Waals surface area contributed by atoms with Crippen molar-refractivity contribution in [2.75, 3.05) is 54.9 Å². The van der Waals surface area contributed by atoms with Crippen LogP contribution >= 0.6 is 0 Å². The Morgan fingerprint density at radius 1 is 1.06 bits per heavy atom. The molecule has 0 radical (unpaired) electrons. The summed E-state index contributed by atoms with van der Waals surface area (Å²) in [6, 6.07) is 10.0. The Balaban J connectivity index is 1.38. The molecule has 1 N–H and O–H groups in total. The van der Waals surface area contributed by atoms with Crippen molar-refractivity contribution >= 4 is 40.1 Å². The van der Waals surface area contributed by atoms with Crippen LogP contribution in [0.2, 0.25) is 0 Å². The summed E-state index contributed by atoms with van der Waals surface area (Å²) in [7, 11) is 2.15. The number of rotatable bonds is 4. The SMILES string of the molecule is C#Cc1cc(N2CCCC2=O)nc2nc(Nc3ccc(N4CCN(C)CC4)cc3)ncc12. The molecule has 1 amide bonds. The second-order valence-electron chi connectivity index (χ2n) is 8.21. The zero-order valence-corrected chi connectivity index (χ0v) is 18.1. The number of nitrogens with one attached hydrogen (secondary N) is 1. The molecule has 0 bridgehead atoms. The van der Waals surface area contributed by atoms with E-state index in [0.717, 1.165) is 38.3 Å². The van der Waals surface area contributed by atoms with E-state index in [9.17, 15) is 4.79 Å². The number of anilines is 4. The average molecular weight is 428 g/mol. The highest BCUT2D eigenvalue weighted by Gasteiger charge is 2.24. The van der Waals surface area contributed by atoms with Gasteiger partial charge in [-0.05, 0) is 43.8 Å². The number of aromatic nitrogens is 3. The smallest absolute Gasteiger partial charge is 0.229 e. The summed E-state index contributed by atoms with van der Waals surface area (Å²) in [5.41, 5.74) is 3.21. The van der Waals surface area contributed by atoms with Crippen LogP contribution < -0.4 is 15.1 Å². The zero-order valence-electron chi connectivity index (χ0n) is 18.1. The molecule has 1 aromatic carbocycles. The lowest BCUT2D eigenvalue weighted by molar-refractivity contribution is -0.117. The molecule has 0 aliphatic carbocycles. The highest BCUT2D eigenvalue weighted by atomic mass is 16.2. The van der Waals surface area contributed by atoms with E-state index in [2.05, 4.69) is 55.2 Å². The van der Waals surface area contributed by atoms with Crippen molar-refractivity contribution in [2.24, 2.45) is 0 Å². The molecule has 8 heteroatoms. The third-order valence-corrected chi connectivity index (χ3v) is 6.05. The van der Waals surface area contributed by atoms with E-state index in [1.165, 1.54) is 5.69 Å². The van der Waals surface area contributed by atoms with Gasteiger partial charge >= 0.3 is 0 Å². The largest absolute Gasteiger partial charge is 0.369 e. The summed E-state index contributed by atoms with van der Waals surface area (Å²) in [5, 5.41) is 3.94. The minimum absolute atomic E-state index is 0.0627. The molecule has 0 saturated carbocycles. The quantitative estimate of drug-likeness (QED) is 0.642. The predicted molar refractivity (Wildman–Crippen MR) is 126 cm³/mol. The number of carbonyl (C=O) groups is 1. The van der Waals surface area contributed by atoms with Crippen molar-refractivity contribution in [3.05, 3.63) is 42.1 Å². The number of amides is 1. The van der Waals surface area contributed by atoms with Gasteiger partial charge < -0.3 is 15.1 Å². The first-order chi connectivity index (χ1) is 15.6. The molecule has 3 aromatic rings. The van der Waals surface area contributed by atoms with Crippen LogP contribution in [0.15, 0.2) is 36.5 Å². The van der Waals surface area contributed by atoms with Gasteiger partial charge in [0.15, 0.2) is 5.65 Å². The number of piperazine rings is 1. The Labute approximate surface area is 187 Å². The van der Waals surface area contributed by atoms with Crippen molar-refractivity contribution in [1.82, 2.24) is 19.9 Å². The number of fused-ring (bicyclic) bond motifs is 1. The first-order valence-corrected chi connectivity index (χ1v) is 10.9. The molecule has 4 heterocycles. The van der Waals surface area contributed by atoms with Crippen LogP contribution in [0.4, 0.5) is 23.1 Å². The van der Waals surface area contributed by atoms with Crippen molar-refractivity contribution < 1.29 is 4.79 Å². The average Bonchev–Trinajstić information content (AvgIpc) is 3.25. The van der Waals surface area contributed by atoms with E-state index in [0.29, 0.717) is 41.3 Å². The number of pyridine rings is 1. The fourth-order valence-electron chi connectivity index (χ4n) is 4.15. The standard InChI is InChI=1S/C24H25N7O/c1-3-17-15-21(31-10-4-5-22(31)32)27-23-20(17)16-25-24(28-23)26-18-6-8-19(9-7-18)30-13-11-29(2)12-14-30/h1,6-9,15-16H,4-5,10-14H2,2H3,(H,25,26,27,28). The Morgan fingerprint density at radius 3 is 2.53 bits per heavy atom. The molecular weight excluding hydrogens is 402 g/mol. The first kappa shape index (κ1) is 20.2. The molecule has 2 saturated heterocycles. The molecule has 5 rings (SSSR count). The lowest BCUT2D eigenvalue weighted by atomic mass is 10.2. The van der Waals surface area contributed by atoms with Crippen molar-refractivity contribution in [3.63, 3.8) is 0 Å². The lowest BCUT2D eigenvalue weighted by Crippen LogP contribution is -2.44. The Morgan fingerprint density at radius 2 is 1.84 bits per heavy atom. The van der Waals surface area contributed by atoms with E-state index in [-0.39, 0.29) is 5.91 Å². The van der Waals surface area contributed by atoms with Crippen LogP contribution in [0.25, 0.3) is 11.0 Å². The van der Waals surface area contributed by atoms with Gasteiger partial charge in [-0.3, -0.25) is 9.69 Å². The highest BCUT2D eigenvalue weighted by Crippen LogP contribution is 2.26. The Bertz CT molecular complexity index is 1190. The summed E-state index contributed by atoms with van der Waals surface area (Å²) >= 11 is 0. The fourth-order valence-corrected chi connectivity index (χ4v) is 4.15. The van der Waals surface area contributed by atoms with Gasteiger partial charge in [0.1, 0.15) is 5.82 Å². The zero-order chi connectivity index (χ0) is 22.1. The van der Waals surface area contributed by atoms with Gasteiger partial charge in [-0.15, -0.1) is 6.42 Å². The third-order valence-electron chi connectivity index (χ3n) is 6.05. The molecule has 2 aliphatic heterocycles. The molecular formula is C24H25N7O. The van der Waals surface area contributed by atoms with Crippen LogP contribution in [0.1, 0.15) is 18.4 Å². The molecule has 0 unspecified atom stereocenters. The van der Waals surface area contributed by atoms with E-state index in [1.807, 2.05) is 12.1 Å². The summed E-state index contributed by atoms with van der Waals surface area (Å²) in [4.78, 5) is 32.2. The van der Waals surface area contributed by atoms with Crippen molar-refractivity contribution in [1.29, 1.82) is 0 Å². The van der Waals surface area contributed by atoms with Gasteiger partial charge in [0.2, 0.25) is 11.9 Å². The molecule has 2 aliphatic rings. The molecule has 8 nitrogen and oxygen atoms in total. The normalized spacial score (nSPS) is 17.1. The predicted octanol–water partition coefficient (Wildman–Crippen LogP) is 2.63. The minimum Gasteiger partial charge on any atom is -0.369 e. The van der Waals surface area contributed by atoms with E-state index < -0.39 is 0 Å². The van der Waals surface area contributed by atoms with Gasteiger partial charge in [-0.1, -0.05) is 5.92 Å². The summed E-state index contributed by atoms with van der Waals surface area (Å²) in [6.07, 6.45) is 8.74. The number of terminal acetylenes is 1. The summed E-state index contributed by atoms with van der Waals surface area (Å²) in [5.74, 6) is 3.72. The van der Waals surface area contributed by atoms with Crippen molar-refractivity contribution in [2.45, 2.75) is 12.8 Å². The number of nitrogens with zero attached hydrogens (tertiary/aromatic N) is 6. The second-order valence-corrected chi connectivity index (χ2v) is 8.21. The fraction of sp³-hybridized carbons (Fsp3) is 0.333. The third kappa shape index (κ3) is 3.95. The highest BCUT2D eigenvalue weighted by molar-refractivity contribution is 5.96. The van der Waals surface area contributed by atoms with E-state index in [1.54, 1.807) is 17.2 Å². The monoisotopic (exact) mass is 427 g/mol. The Kier molecular flexibility index (Phi) is 5.33. The molecule has 0 atom stereocenters. The molecule has 2 fully saturated rings. The maximum atomic E-state index is 12.2. The van der Waals surface area contributed by atoms with Crippen LogP contribution in [0.3, 0.4) is 0 Å². The molecule has 0 spiro atoms. The van der Waals surface area contributed by atoms with Crippen molar-refractivity contribution in [3.8, 4) is 12.3 Å². The number of carbonyl (C=O) groups excluding carboxylic acids is 1. The number of likely N-dealkylation sites (N-methyl/N-ethyl adjacent to an activating group) is 1. The van der Waals surface area contributed by atoms with Crippen LogP contribution in [-0.2, 0) is 4.79 Å². The maximum absolute atomic E-state index is 12.2. The molecule has 2 aromatic heterocycles. The summed E-state index contributed by atoms with van der Waals surface area (Å²) in [6.45, 7) is 4.85. The lowest BCUT2D eigenvalue weighted by Gasteiger charge is -2.34. The Hall–Kier alpha value is -3.70. The number of hydrogen-bond donors (Lipinski definition) is 1. The number of hydrogen-bond acceptors (Lipinski definition) is 7. The van der Waals surface area contributed by atoms with Crippen LogP contribution in [-0.4, -0.2) is 65.5 Å². The molecule has 32 heavy (non-hydrogen) atoms. The van der Waals surface area contributed by atoms with E-state index >= 15 is 0 Å². The van der Waals surface area contributed by atoms with Gasteiger partial charge in [-0.25, -0.2) is 9.97 Å². The maximum Gasteiger partial charge on any atom is 0.229 e. The topological polar surface area (TPSA) is 77.5 Å². The van der Waals surface area contributed by atoms with Gasteiger partial charge in [0.05, 0.1) is 5.39 Å². The summed E-state index contributed by atoms with van der Waals surface area (Å²) < 4.78 is 0.